The number of nitrogens with zero attached hydrogens (tertiary/aromatic N) is 1. The van der Waals surface area contributed by atoms with Gasteiger partial charge in [0.25, 0.3) is 0 Å². The van der Waals surface area contributed by atoms with Crippen molar-refractivity contribution < 1.29 is 4.74 Å². The van der Waals surface area contributed by atoms with Crippen LogP contribution in [-0.4, -0.2) is 26.7 Å². The number of anilines is 1. The van der Waals surface area contributed by atoms with E-state index in [9.17, 15) is 0 Å². The summed E-state index contributed by atoms with van der Waals surface area (Å²) in [5.74, 6) is 1.07. The fourth-order valence-corrected chi connectivity index (χ4v) is 2.78. The predicted octanol–water partition coefficient (Wildman–Crippen LogP) is 2.19. The number of fused-ring (bicyclic) bond motifs is 1. The lowest BCUT2D eigenvalue weighted by molar-refractivity contribution is 0.288. The molecule has 0 unspecified atom stereocenters. The van der Waals surface area contributed by atoms with Gasteiger partial charge in [-0.15, -0.1) is 0 Å². The third kappa shape index (κ3) is 2.19. The molecule has 1 aliphatic carbocycles. The van der Waals surface area contributed by atoms with Crippen LogP contribution in [0, 0.1) is 5.41 Å². The molecular formula is C15H22N2O. The maximum Gasteiger partial charge on any atom is 0.122 e. The monoisotopic (exact) mass is 246 g/mol. The fraction of sp³-hybridized carbons (Fsp3) is 0.600. The van der Waals surface area contributed by atoms with E-state index >= 15 is 0 Å². The highest BCUT2D eigenvalue weighted by Gasteiger charge is 2.42. The molecule has 2 N–H and O–H groups in total. The summed E-state index contributed by atoms with van der Waals surface area (Å²) < 4.78 is 5.65. The highest BCUT2D eigenvalue weighted by Crippen LogP contribution is 2.45. The van der Waals surface area contributed by atoms with Crippen LogP contribution >= 0.6 is 0 Å². The van der Waals surface area contributed by atoms with Gasteiger partial charge in [-0.2, -0.15) is 0 Å². The van der Waals surface area contributed by atoms with Crippen LogP contribution in [0.25, 0.3) is 0 Å². The Morgan fingerprint density at radius 2 is 2.22 bits per heavy atom. The van der Waals surface area contributed by atoms with E-state index < -0.39 is 0 Å². The van der Waals surface area contributed by atoms with Crippen LogP contribution < -0.4 is 15.4 Å². The molecule has 0 aromatic heterocycles. The van der Waals surface area contributed by atoms with Crippen LogP contribution in [0.2, 0.25) is 0 Å². The molecule has 3 nitrogen and oxygen atoms in total. The number of hydrogen-bond acceptors (Lipinski definition) is 3. The van der Waals surface area contributed by atoms with E-state index in [4.69, 9.17) is 10.5 Å². The Morgan fingerprint density at radius 3 is 2.94 bits per heavy atom. The Bertz CT molecular complexity index is 440. The van der Waals surface area contributed by atoms with Crippen molar-refractivity contribution in [3.63, 3.8) is 0 Å². The average Bonchev–Trinajstić information content (AvgIpc) is 3.18. The summed E-state index contributed by atoms with van der Waals surface area (Å²) in [5.41, 5.74) is 8.89. The van der Waals surface area contributed by atoms with Gasteiger partial charge in [0.05, 0.1) is 6.61 Å². The summed E-state index contributed by atoms with van der Waals surface area (Å²) in [6.07, 6.45) is 4.83. The zero-order chi connectivity index (χ0) is 12.6. The topological polar surface area (TPSA) is 38.5 Å². The van der Waals surface area contributed by atoms with Crippen LogP contribution in [0.15, 0.2) is 18.2 Å². The van der Waals surface area contributed by atoms with Crippen molar-refractivity contribution >= 4 is 5.69 Å². The summed E-state index contributed by atoms with van der Waals surface area (Å²) in [6.45, 7) is 2.74. The number of hydrogen-bond donors (Lipinski definition) is 1. The average molecular weight is 246 g/mol. The Hall–Kier alpha value is -1.22. The molecule has 1 saturated carbocycles. The largest absolute Gasteiger partial charge is 0.493 e. The molecule has 2 aliphatic rings. The first-order valence-electron chi connectivity index (χ1n) is 6.89. The molecule has 1 heterocycles. The summed E-state index contributed by atoms with van der Waals surface area (Å²) in [4.78, 5) is 2.34. The summed E-state index contributed by atoms with van der Waals surface area (Å²) in [6, 6.07) is 6.56. The molecule has 0 radical (unpaired) electrons. The standard InChI is InChI=1S/C15H22N2O/c1-17(11-15(10-16)6-7-15)13-4-5-14-12(9-13)3-2-8-18-14/h4-5,9H,2-3,6-8,10-11,16H2,1H3. The highest BCUT2D eigenvalue weighted by molar-refractivity contribution is 5.53. The van der Waals surface area contributed by atoms with Crippen LogP contribution in [0.4, 0.5) is 5.69 Å². The van der Waals surface area contributed by atoms with Crippen LogP contribution in [-0.2, 0) is 6.42 Å². The second-order valence-electron chi connectivity index (χ2n) is 5.80. The van der Waals surface area contributed by atoms with E-state index in [0.29, 0.717) is 5.41 Å². The smallest absolute Gasteiger partial charge is 0.122 e. The van der Waals surface area contributed by atoms with Gasteiger partial charge in [0.15, 0.2) is 0 Å². The Labute approximate surface area is 109 Å². The molecular weight excluding hydrogens is 224 g/mol. The lowest BCUT2D eigenvalue weighted by atomic mass is 10.0. The molecule has 0 amide bonds. The zero-order valence-corrected chi connectivity index (χ0v) is 11.1. The van der Waals surface area contributed by atoms with E-state index in [1.165, 1.54) is 24.1 Å². The number of benzene rings is 1. The summed E-state index contributed by atoms with van der Waals surface area (Å²) in [7, 11) is 2.17. The molecule has 3 rings (SSSR count). The lowest BCUT2D eigenvalue weighted by Gasteiger charge is -2.26. The lowest BCUT2D eigenvalue weighted by Crippen LogP contribution is -2.31. The van der Waals surface area contributed by atoms with Crippen LogP contribution in [0.1, 0.15) is 24.8 Å². The van der Waals surface area contributed by atoms with Gasteiger partial charge in [0.1, 0.15) is 5.75 Å². The molecule has 1 aromatic rings. The number of ether oxygens (including phenoxy) is 1. The van der Waals surface area contributed by atoms with Gasteiger partial charge < -0.3 is 15.4 Å². The third-order valence-electron chi connectivity index (χ3n) is 4.30. The van der Waals surface area contributed by atoms with E-state index in [1.54, 1.807) is 0 Å². The number of nitrogens with two attached hydrogens (primary N) is 1. The minimum absolute atomic E-state index is 0.390. The first-order chi connectivity index (χ1) is 8.72. The Kier molecular flexibility index (Phi) is 2.94. The molecule has 0 spiro atoms. The van der Waals surface area contributed by atoms with Gasteiger partial charge in [-0.05, 0) is 56.0 Å². The van der Waals surface area contributed by atoms with Crippen molar-refractivity contribution in [3.8, 4) is 5.75 Å². The van der Waals surface area contributed by atoms with Crippen molar-refractivity contribution in [3.05, 3.63) is 23.8 Å². The number of rotatable bonds is 4. The Morgan fingerprint density at radius 1 is 1.39 bits per heavy atom. The maximum atomic E-state index is 5.86. The quantitative estimate of drug-likeness (QED) is 0.885. The molecule has 0 bridgehead atoms. The van der Waals surface area contributed by atoms with Gasteiger partial charge in [0.2, 0.25) is 0 Å². The van der Waals surface area contributed by atoms with Crippen molar-refractivity contribution in [2.24, 2.45) is 11.1 Å². The molecule has 1 aliphatic heterocycles. The first kappa shape index (κ1) is 11.8. The highest BCUT2D eigenvalue weighted by atomic mass is 16.5. The van der Waals surface area contributed by atoms with Crippen molar-refractivity contribution in [1.29, 1.82) is 0 Å². The molecule has 98 valence electrons. The van der Waals surface area contributed by atoms with Gasteiger partial charge in [-0.1, -0.05) is 0 Å². The van der Waals surface area contributed by atoms with Crippen molar-refractivity contribution in [2.75, 3.05) is 31.6 Å². The zero-order valence-electron chi connectivity index (χ0n) is 11.1. The van der Waals surface area contributed by atoms with E-state index in [0.717, 1.165) is 38.3 Å². The second-order valence-corrected chi connectivity index (χ2v) is 5.80. The minimum Gasteiger partial charge on any atom is -0.493 e. The molecule has 3 heteroatoms. The van der Waals surface area contributed by atoms with Gasteiger partial charge in [0, 0.05) is 24.7 Å². The van der Waals surface area contributed by atoms with Gasteiger partial charge in [-0.25, -0.2) is 0 Å². The second kappa shape index (κ2) is 4.47. The summed E-state index contributed by atoms with van der Waals surface area (Å²) >= 11 is 0. The predicted molar refractivity (Wildman–Crippen MR) is 74.2 cm³/mol. The molecule has 0 saturated heterocycles. The number of aryl methyl sites for hydroxylation is 1. The van der Waals surface area contributed by atoms with Gasteiger partial charge in [-0.3, -0.25) is 0 Å². The Balaban J connectivity index is 1.75. The molecule has 1 aromatic carbocycles. The maximum absolute atomic E-state index is 5.86. The third-order valence-corrected chi connectivity index (χ3v) is 4.30. The van der Waals surface area contributed by atoms with Crippen LogP contribution in [0.3, 0.4) is 0 Å². The van der Waals surface area contributed by atoms with E-state index in [-0.39, 0.29) is 0 Å². The van der Waals surface area contributed by atoms with Crippen LogP contribution in [0.5, 0.6) is 5.75 Å². The SMILES string of the molecule is CN(CC1(CN)CC1)c1ccc2c(c1)CCCO2. The molecule has 18 heavy (non-hydrogen) atoms. The summed E-state index contributed by atoms with van der Waals surface area (Å²) in [5, 5.41) is 0. The first-order valence-corrected chi connectivity index (χ1v) is 6.89. The van der Waals surface area contributed by atoms with Crippen molar-refractivity contribution in [2.45, 2.75) is 25.7 Å². The minimum atomic E-state index is 0.390. The van der Waals surface area contributed by atoms with Gasteiger partial charge >= 0.3 is 0 Å². The molecule has 1 fully saturated rings. The molecule has 0 atom stereocenters. The van der Waals surface area contributed by atoms with E-state index in [2.05, 4.69) is 30.1 Å². The van der Waals surface area contributed by atoms with Crippen molar-refractivity contribution in [1.82, 2.24) is 0 Å². The normalized spacial score (nSPS) is 19.9. The van der Waals surface area contributed by atoms with E-state index in [1.807, 2.05) is 0 Å². The fourth-order valence-electron chi connectivity index (χ4n) is 2.78.